The van der Waals surface area contributed by atoms with Crippen molar-refractivity contribution in [2.45, 2.75) is 32.8 Å². The van der Waals surface area contributed by atoms with Crippen molar-refractivity contribution in [1.82, 2.24) is 0 Å². The Labute approximate surface area is 185 Å². The van der Waals surface area contributed by atoms with Gasteiger partial charge in [0.15, 0.2) is 11.5 Å². The van der Waals surface area contributed by atoms with Gasteiger partial charge in [0.1, 0.15) is 11.3 Å². The molecule has 2 atom stereocenters. The summed E-state index contributed by atoms with van der Waals surface area (Å²) in [6.07, 6.45) is -1.02. The predicted molar refractivity (Wildman–Crippen MR) is 119 cm³/mol. The van der Waals surface area contributed by atoms with Crippen molar-refractivity contribution < 1.29 is 28.2 Å². The van der Waals surface area contributed by atoms with Gasteiger partial charge in [0.05, 0.1) is 37.2 Å². The summed E-state index contributed by atoms with van der Waals surface area (Å²) in [6, 6.07) is 12.4. The average Bonchev–Trinajstić information content (AvgIpc) is 3.19. The molecule has 2 aromatic carbocycles. The number of carbonyl (C=O) groups is 1. The Hall–Kier alpha value is -3.48. The van der Waals surface area contributed by atoms with Crippen LogP contribution in [0.25, 0.3) is 11.0 Å². The number of esters is 1. The summed E-state index contributed by atoms with van der Waals surface area (Å²) in [5.74, 6) is 0.528. The molecule has 2 unspecified atom stereocenters. The van der Waals surface area contributed by atoms with Gasteiger partial charge in [-0.05, 0) is 42.7 Å². The first kappa shape index (κ1) is 21.7. The fraction of sp³-hybridized carbons (Fsp3) is 0.360. The molecule has 0 amide bonds. The second-order valence-electron chi connectivity index (χ2n) is 8.01. The molecule has 2 heterocycles. The van der Waals surface area contributed by atoms with Crippen LogP contribution in [0.3, 0.4) is 0 Å². The van der Waals surface area contributed by atoms with E-state index >= 15 is 0 Å². The number of carbonyl (C=O) groups excluding carboxylic acids is 1. The zero-order valence-electron chi connectivity index (χ0n) is 18.5. The molecule has 3 aromatic rings. The quantitative estimate of drug-likeness (QED) is 0.402. The van der Waals surface area contributed by atoms with Crippen molar-refractivity contribution in [3.63, 3.8) is 0 Å². The molecule has 0 N–H and O–H groups in total. The lowest BCUT2D eigenvalue weighted by molar-refractivity contribution is -0.151. The van der Waals surface area contributed by atoms with Crippen LogP contribution in [0.15, 0.2) is 51.7 Å². The van der Waals surface area contributed by atoms with Crippen LogP contribution in [0.2, 0.25) is 0 Å². The molecular formula is C25H26O7. The van der Waals surface area contributed by atoms with E-state index in [0.29, 0.717) is 51.9 Å². The third kappa shape index (κ3) is 3.90. The molecule has 0 aliphatic carbocycles. The van der Waals surface area contributed by atoms with Crippen molar-refractivity contribution in [2.75, 3.05) is 20.3 Å². The second kappa shape index (κ2) is 8.94. The zero-order valence-corrected chi connectivity index (χ0v) is 18.5. The lowest BCUT2D eigenvalue weighted by atomic mass is 9.88. The Kier molecular flexibility index (Phi) is 6.08. The number of hydrogen-bond acceptors (Lipinski definition) is 7. The van der Waals surface area contributed by atoms with Crippen LogP contribution in [0.1, 0.15) is 37.8 Å². The molecule has 7 heteroatoms. The van der Waals surface area contributed by atoms with Gasteiger partial charge in [-0.3, -0.25) is 0 Å². The third-order valence-corrected chi connectivity index (χ3v) is 5.30. The van der Waals surface area contributed by atoms with Crippen molar-refractivity contribution >= 4 is 16.9 Å². The highest BCUT2D eigenvalue weighted by atomic mass is 16.6. The molecule has 168 valence electrons. The molecule has 0 radical (unpaired) electrons. The molecule has 0 fully saturated rings. The molecule has 4 rings (SSSR count). The number of fused-ring (bicyclic) bond motifs is 3. The van der Waals surface area contributed by atoms with Crippen LogP contribution in [0, 0.1) is 5.92 Å². The number of rotatable bonds is 7. The Bertz CT molecular complexity index is 1190. The fourth-order valence-electron chi connectivity index (χ4n) is 3.88. The lowest BCUT2D eigenvalue weighted by Crippen LogP contribution is -2.32. The monoisotopic (exact) mass is 438 g/mol. The molecule has 0 bridgehead atoms. The van der Waals surface area contributed by atoms with Crippen LogP contribution < -0.4 is 19.8 Å². The van der Waals surface area contributed by atoms with Gasteiger partial charge in [-0.15, -0.1) is 0 Å². The minimum atomic E-state index is -1.02. The molecular weight excluding hydrogens is 412 g/mol. The van der Waals surface area contributed by atoms with Gasteiger partial charge in [0.2, 0.25) is 6.10 Å². The van der Waals surface area contributed by atoms with Crippen LogP contribution in [0.4, 0.5) is 0 Å². The molecule has 1 aliphatic rings. The Morgan fingerprint density at radius 2 is 1.91 bits per heavy atom. The molecule has 7 nitrogen and oxygen atoms in total. The number of para-hydroxylation sites is 1. The summed E-state index contributed by atoms with van der Waals surface area (Å²) in [4.78, 5) is 25.8. The zero-order chi connectivity index (χ0) is 22.8. The summed E-state index contributed by atoms with van der Waals surface area (Å²) in [5, 5.41) is 0.628. The van der Waals surface area contributed by atoms with E-state index in [9.17, 15) is 9.59 Å². The molecule has 1 aromatic heterocycles. The minimum absolute atomic E-state index is 0.197. The predicted octanol–water partition coefficient (Wildman–Crippen LogP) is 4.29. The summed E-state index contributed by atoms with van der Waals surface area (Å²) in [6.45, 7) is 6.57. The van der Waals surface area contributed by atoms with E-state index in [2.05, 4.69) is 13.8 Å². The van der Waals surface area contributed by atoms with Crippen molar-refractivity contribution in [1.29, 1.82) is 0 Å². The van der Waals surface area contributed by atoms with Gasteiger partial charge < -0.3 is 23.4 Å². The maximum Gasteiger partial charge on any atom is 0.348 e. The van der Waals surface area contributed by atoms with Crippen molar-refractivity contribution in [3.05, 3.63) is 64.0 Å². The number of hydrogen-bond donors (Lipinski definition) is 0. The van der Waals surface area contributed by atoms with Crippen LogP contribution >= 0.6 is 0 Å². The summed E-state index contributed by atoms with van der Waals surface area (Å²) in [7, 11) is 1.55. The standard InChI is InChI=1S/C25H26O7/c1-5-29-25(27)23-20(15-10-11-18(19(12-15)28-4)30-13-14(2)3)21-22(32-23)16-8-6-7-9-17(16)31-24(21)26/h6-12,14,20,23H,5,13H2,1-4H3. The largest absolute Gasteiger partial charge is 0.493 e. The van der Waals surface area contributed by atoms with Gasteiger partial charge in [-0.2, -0.15) is 0 Å². The lowest BCUT2D eigenvalue weighted by Gasteiger charge is -2.19. The maximum absolute atomic E-state index is 13.0. The Balaban J connectivity index is 1.85. The first-order valence-corrected chi connectivity index (χ1v) is 10.6. The van der Waals surface area contributed by atoms with Gasteiger partial charge in [-0.25, -0.2) is 9.59 Å². The van der Waals surface area contributed by atoms with E-state index in [1.807, 2.05) is 12.1 Å². The van der Waals surface area contributed by atoms with E-state index in [-0.39, 0.29) is 6.61 Å². The highest BCUT2D eigenvalue weighted by Gasteiger charge is 2.45. The Morgan fingerprint density at radius 3 is 2.62 bits per heavy atom. The molecule has 1 aliphatic heterocycles. The summed E-state index contributed by atoms with van der Waals surface area (Å²) in [5.41, 5.74) is 0.807. The number of ether oxygens (including phenoxy) is 4. The summed E-state index contributed by atoms with van der Waals surface area (Å²) < 4.78 is 28.2. The smallest absolute Gasteiger partial charge is 0.348 e. The van der Waals surface area contributed by atoms with E-state index < -0.39 is 23.6 Å². The molecule has 32 heavy (non-hydrogen) atoms. The van der Waals surface area contributed by atoms with E-state index in [4.69, 9.17) is 23.4 Å². The first-order chi connectivity index (χ1) is 15.4. The molecule has 0 saturated heterocycles. The Morgan fingerprint density at radius 1 is 1.12 bits per heavy atom. The minimum Gasteiger partial charge on any atom is -0.493 e. The fourth-order valence-corrected chi connectivity index (χ4v) is 3.88. The number of benzene rings is 2. The second-order valence-corrected chi connectivity index (χ2v) is 8.01. The van der Waals surface area contributed by atoms with Crippen LogP contribution in [-0.4, -0.2) is 32.4 Å². The maximum atomic E-state index is 13.0. The van der Waals surface area contributed by atoms with E-state index in [1.165, 1.54) is 0 Å². The van der Waals surface area contributed by atoms with Gasteiger partial charge in [0.25, 0.3) is 0 Å². The van der Waals surface area contributed by atoms with E-state index in [0.717, 1.165) is 0 Å². The van der Waals surface area contributed by atoms with Gasteiger partial charge in [0, 0.05) is 0 Å². The van der Waals surface area contributed by atoms with Crippen molar-refractivity contribution in [2.24, 2.45) is 5.92 Å². The highest BCUT2D eigenvalue weighted by molar-refractivity contribution is 5.88. The summed E-state index contributed by atoms with van der Waals surface area (Å²) >= 11 is 0. The number of methoxy groups -OCH3 is 1. The highest BCUT2D eigenvalue weighted by Crippen LogP contribution is 2.46. The SMILES string of the molecule is CCOC(=O)C1Oc2c(c(=O)oc3ccccc23)C1c1ccc(OCC(C)C)c(OC)c1. The van der Waals surface area contributed by atoms with Crippen molar-refractivity contribution in [3.8, 4) is 17.2 Å². The van der Waals surface area contributed by atoms with Gasteiger partial charge >= 0.3 is 11.6 Å². The first-order valence-electron chi connectivity index (χ1n) is 10.6. The topological polar surface area (TPSA) is 84.2 Å². The molecule has 0 saturated carbocycles. The van der Waals surface area contributed by atoms with Gasteiger partial charge in [-0.1, -0.05) is 32.0 Å². The third-order valence-electron chi connectivity index (χ3n) is 5.30. The van der Waals surface area contributed by atoms with Crippen LogP contribution in [0.5, 0.6) is 17.2 Å². The average molecular weight is 438 g/mol. The normalized spacial score (nSPS) is 17.2. The van der Waals surface area contributed by atoms with E-state index in [1.54, 1.807) is 44.4 Å². The molecule has 0 spiro atoms. The van der Waals surface area contributed by atoms with Crippen LogP contribution in [-0.2, 0) is 9.53 Å².